The van der Waals surface area contributed by atoms with Crippen molar-refractivity contribution in [1.82, 2.24) is 5.32 Å². The molecule has 32 heavy (non-hydrogen) atoms. The third-order valence-electron chi connectivity index (χ3n) is 4.80. The Kier molecular flexibility index (Phi) is 7.80. The topological polar surface area (TPSA) is 85.9 Å². The monoisotopic (exact) mass is 485 g/mol. The fraction of sp³-hybridized carbons (Fsp3) is 0.115. The predicted octanol–water partition coefficient (Wildman–Crippen LogP) is 5.68. The summed E-state index contributed by atoms with van der Waals surface area (Å²) in [4.78, 5) is 12.6. The summed E-state index contributed by atoms with van der Waals surface area (Å²) in [6, 6.07) is 26.0. The molecule has 0 aliphatic carbocycles. The quantitative estimate of drug-likeness (QED) is 0.344. The van der Waals surface area contributed by atoms with Gasteiger partial charge in [-0.3, -0.25) is 4.79 Å². The van der Waals surface area contributed by atoms with E-state index in [2.05, 4.69) is 27.3 Å². The number of rotatable bonds is 7. The highest BCUT2D eigenvalue weighted by Gasteiger charge is 2.14. The second-order valence-electron chi connectivity index (χ2n) is 7.02. The molecule has 0 spiro atoms. The number of carbonyl (C=O) groups is 1. The molecule has 3 aromatic rings. The molecule has 0 unspecified atom stereocenters. The highest BCUT2D eigenvalue weighted by molar-refractivity contribution is 9.10. The van der Waals surface area contributed by atoms with Crippen LogP contribution in [0.3, 0.4) is 0 Å². The van der Waals surface area contributed by atoms with Crippen LogP contribution in [-0.2, 0) is 11.4 Å². The number of hydrogen-bond donors (Lipinski definition) is 1. The number of ether oxygens (including phenoxy) is 1. The van der Waals surface area contributed by atoms with Gasteiger partial charge in [0, 0.05) is 5.56 Å². The standard InChI is InChI=1S/C26H20BrN3O2/c1-18(20-7-3-2-4-8-20)30-26(31)23(16-29)13-19-11-12-25(24(27)14-19)32-17-22-10-6-5-9-21(22)15-28/h2-14,18H,17H2,1H3,(H,30,31)/b23-13+/t18-/m1/s1. The fourth-order valence-electron chi connectivity index (χ4n) is 3.05. The summed E-state index contributed by atoms with van der Waals surface area (Å²) < 4.78 is 6.51. The average molecular weight is 486 g/mol. The van der Waals surface area contributed by atoms with Crippen LogP contribution in [0.1, 0.15) is 35.2 Å². The summed E-state index contributed by atoms with van der Waals surface area (Å²) in [6.07, 6.45) is 1.53. The number of hydrogen-bond acceptors (Lipinski definition) is 4. The van der Waals surface area contributed by atoms with Gasteiger partial charge in [-0.15, -0.1) is 0 Å². The molecule has 0 aromatic heterocycles. The van der Waals surface area contributed by atoms with Crippen LogP contribution in [0.25, 0.3) is 6.08 Å². The first-order valence-corrected chi connectivity index (χ1v) is 10.7. The van der Waals surface area contributed by atoms with E-state index < -0.39 is 5.91 Å². The number of nitrogens with zero attached hydrogens (tertiary/aromatic N) is 2. The molecule has 3 aromatic carbocycles. The lowest BCUT2D eigenvalue weighted by molar-refractivity contribution is -0.117. The van der Waals surface area contributed by atoms with E-state index in [-0.39, 0.29) is 18.2 Å². The second kappa shape index (κ2) is 10.9. The number of nitriles is 2. The highest BCUT2D eigenvalue weighted by Crippen LogP contribution is 2.28. The summed E-state index contributed by atoms with van der Waals surface area (Å²) in [5.41, 5.74) is 3.01. The Balaban J connectivity index is 1.70. The van der Waals surface area contributed by atoms with Crippen molar-refractivity contribution in [2.75, 3.05) is 0 Å². The van der Waals surface area contributed by atoms with Gasteiger partial charge >= 0.3 is 0 Å². The molecule has 0 saturated heterocycles. The molecule has 6 heteroatoms. The number of amides is 1. The van der Waals surface area contributed by atoms with Crippen LogP contribution in [0.15, 0.2) is 82.8 Å². The van der Waals surface area contributed by atoms with E-state index in [0.717, 1.165) is 11.1 Å². The molecule has 0 radical (unpaired) electrons. The van der Waals surface area contributed by atoms with Gasteiger partial charge in [-0.2, -0.15) is 10.5 Å². The summed E-state index contributed by atoms with van der Waals surface area (Å²) in [7, 11) is 0. The highest BCUT2D eigenvalue weighted by atomic mass is 79.9. The van der Waals surface area contributed by atoms with Gasteiger partial charge in [-0.25, -0.2) is 0 Å². The van der Waals surface area contributed by atoms with E-state index in [9.17, 15) is 15.3 Å². The zero-order valence-electron chi connectivity index (χ0n) is 17.4. The minimum Gasteiger partial charge on any atom is -0.488 e. The van der Waals surface area contributed by atoms with Gasteiger partial charge in [-0.05, 0) is 58.3 Å². The third kappa shape index (κ3) is 5.85. The SMILES string of the molecule is C[C@@H](NC(=O)/C(C#N)=C/c1ccc(OCc2ccccc2C#N)c(Br)c1)c1ccccc1. The molecule has 0 saturated carbocycles. The molecular formula is C26H20BrN3O2. The molecular weight excluding hydrogens is 466 g/mol. The normalized spacial score (nSPS) is 11.7. The van der Waals surface area contributed by atoms with Gasteiger partial charge in [0.1, 0.15) is 24.0 Å². The maximum atomic E-state index is 12.6. The lowest BCUT2D eigenvalue weighted by atomic mass is 10.1. The number of halogens is 1. The van der Waals surface area contributed by atoms with Crippen LogP contribution in [0, 0.1) is 22.7 Å². The Morgan fingerprint density at radius 1 is 1.09 bits per heavy atom. The number of nitrogens with one attached hydrogen (secondary N) is 1. The van der Waals surface area contributed by atoms with E-state index >= 15 is 0 Å². The van der Waals surface area contributed by atoms with Crippen LogP contribution < -0.4 is 10.1 Å². The van der Waals surface area contributed by atoms with Gasteiger partial charge in [0.25, 0.3) is 5.91 Å². The van der Waals surface area contributed by atoms with Crippen molar-refractivity contribution in [2.24, 2.45) is 0 Å². The minimum atomic E-state index is -0.437. The molecule has 0 aliphatic heterocycles. The largest absolute Gasteiger partial charge is 0.488 e. The van der Waals surface area contributed by atoms with E-state index in [1.54, 1.807) is 24.3 Å². The van der Waals surface area contributed by atoms with Crippen molar-refractivity contribution in [3.63, 3.8) is 0 Å². The van der Waals surface area contributed by atoms with Crippen molar-refractivity contribution in [3.05, 3.63) is 105 Å². The second-order valence-corrected chi connectivity index (χ2v) is 7.88. The number of carbonyl (C=O) groups excluding carboxylic acids is 1. The first kappa shape index (κ1) is 22.8. The average Bonchev–Trinajstić information content (AvgIpc) is 2.82. The first-order valence-electron chi connectivity index (χ1n) is 9.89. The smallest absolute Gasteiger partial charge is 0.262 e. The zero-order valence-corrected chi connectivity index (χ0v) is 19.0. The van der Waals surface area contributed by atoms with Gasteiger partial charge in [-0.1, -0.05) is 54.6 Å². The maximum Gasteiger partial charge on any atom is 0.262 e. The summed E-state index contributed by atoms with van der Waals surface area (Å²) in [5, 5.41) is 21.5. The summed E-state index contributed by atoms with van der Waals surface area (Å²) >= 11 is 3.47. The van der Waals surface area contributed by atoms with Gasteiger partial charge in [0.15, 0.2) is 0 Å². The van der Waals surface area contributed by atoms with Crippen LogP contribution in [0.5, 0.6) is 5.75 Å². The maximum absolute atomic E-state index is 12.6. The predicted molar refractivity (Wildman–Crippen MR) is 126 cm³/mol. The molecule has 5 nitrogen and oxygen atoms in total. The molecule has 0 fully saturated rings. The van der Waals surface area contributed by atoms with Crippen molar-refractivity contribution in [3.8, 4) is 17.9 Å². The lowest BCUT2D eigenvalue weighted by Gasteiger charge is -2.14. The van der Waals surface area contributed by atoms with Crippen LogP contribution in [0.2, 0.25) is 0 Å². The van der Waals surface area contributed by atoms with Crippen LogP contribution >= 0.6 is 15.9 Å². The lowest BCUT2D eigenvalue weighted by Crippen LogP contribution is -2.27. The van der Waals surface area contributed by atoms with Gasteiger partial charge in [0.2, 0.25) is 0 Å². The molecule has 0 bridgehead atoms. The molecule has 1 amide bonds. The Bertz CT molecular complexity index is 1220. The molecule has 1 atom stereocenters. The molecule has 158 valence electrons. The van der Waals surface area contributed by atoms with Gasteiger partial charge < -0.3 is 10.1 Å². The van der Waals surface area contributed by atoms with Crippen LogP contribution in [0.4, 0.5) is 0 Å². The summed E-state index contributed by atoms with van der Waals surface area (Å²) in [6.45, 7) is 2.12. The van der Waals surface area contributed by atoms with Crippen molar-refractivity contribution >= 4 is 27.9 Å². The zero-order chi connectivity index (χ0) is 22.9. The molecule has 3 rings (SSSR count). The Labute approximate surface area is 195 Å². The van der Waals surface area contributed by atoms with E-state index in [1.165, 1.54) is 6.08 Å². The van der Waals surface area contributed by atoms with E-state index in [4.69, 9.17) is 4.74 Å². The Hall–Kier alpha value is -3.87. The Morgan fingerprint density at radius 2 is 1.81 bits per heavy atom. The van der Waals surface area contributed by atoms with Crippen LogP contribution in [-0.4, -0.2) is 5.91 Å². The molecule has 1 N–H and O–H groups in total. The third-order valence-corrected chi connectivity index (χ3v) is 5.42. The molecule has 0 heterocycles. The van der Waals surface area contributed by atoms with E-state index in [1.807, 2.05) is 61.5 Å². The van der Waals surface area contributed by atoms with Gasteiger partial charge in [0.05, 0.1) is 22.1 Å². The van der Waals surface area contributed by atoms with Crippen molar-refractivity contribution < 1.29 is 9.53 Å². The Morgan fingerprint density at radius 3 is 2.50 bits per heavy atom. The molecule has 0 aliphatic rings. The first-order chi connectivity index (χ1) is 15.5. The summed E-state index contributed by atoms with van der Waals surface area (Å²) in [5.74, 6) is 0.156. The fourth-order valence-corrected chi connectivity index (χ4v) is 3.56. The van der Waals surface area contributed by atoms with E-state index in [0.29, 0.717) is 21.3 Å². The van der Waals surface area contributed by atoms with Crippen molar-refractivity contribution in [2.45, 2.75) is 19.6 Å². The number of benzene rings is 3. The minimum absolute atomic E-state index is 0.0105. The van der Waals surface area contributed by atoms with Crippen molar-refractivity contribution in [1.29, 1.82) is 10.5 Å².